The average molecular weight is 285 g/mol. The minimum atomic E-state index is -0.491. The maximum atomic E-state index is 11.6. The molecule has 0 aliphatic carbocycles. The lowest BCUT2D eigenvalue weighted by Crippen LogP contribution is -2.48. The number of hydrogen-bond acceptors (Lipinski definition) is 5. The van der Waals surface area contributed by atoms with Crippen molar-refractivity contribution in [3.05, 3.63) is 6.33 Å². The number of hydrogen-bond donors (Lipinski definition) is 2. The minimum Gasteiger partial charge on any atom is -0.333 e. The van der Waals surface area contributed by atoms with Crippen LogP contribution in [-0.4, -0.2) is 38.0 Å². The molecular formula is C11H19N5O2S. The largest absolute Gasteiger partial charge is 0.333 e. The smallest absolute Gasteiger partial charge is 0.321 e. The second-order valence-electron chi connectivity index (χ2n) is 4.94. The van der Waals surface area contributed by atoms with E-state index in [4.69, 9.17) is 0 Å². The zero-order valence-corrected chi connectivity index (χ0v) is 12.4. The Morgan fingerprint density at radius 3 is 2.68 bits per heavy atom. The van der Waals surface area contributed by atoms with Gasteiger partial charge in [-0.2, -0.15) is 0 Å². The molecule has 3 amide bonds. The van der Waals surface area contributed by atoms with Crippen LogP contribution in [-0.2, 0) is 11.3 Å². The lowest BCUT2D eigenvalue weighted by Gasteiger charge is -2.20. The number of carbonyl (C=O) groups excluding carboxylic acids is 2. The molecule has 0 saturated carbocycles. The number of thioether (sulfide) groups is 1. The van der Waals surface area contributed by atoms with Gasteiger partial charge in [-0.15, -0.1) is 10.2 Å². The standard InChI is InChI=1S/C11H19N5O2S/c1-5-16-7-12-15-10(16)19-6-8(17)13-9(18)14-11(2,3)4/h7H,5-6H2,1-4H3,(H2,13,14,17,18). The lowest BCUT2D eigenvalue weighted by molar-refractivity contribution is -0.117. The SMILES string of the molecule is CCn1cnnc1SCC(=O)NC(=O)NC(C)(C)C. The van der Waals surface area contributed by atoms with E-state index in [1.54, 1.807) is 6.33 Å². The number of nitrogens with zero attached hydrogens (tertiary/aromatic N) is 3. The molecule has 1 aromatic rings. The van der Waals surface area contributed by atoms with Crippen molar-refractivity contribution in [3.8, 4) is 0 Å². The number of aromatic nitrogens is 3. The van der Waals surface area contributed by atoms with Crippen LogP contribution >= 0.6 is 11.8 Å². The van der Waals surface area contributed by atoms with E-state index in [9.17, 15) is 9.59 Å². The second kappa shape index (κ2) is 6.55. The highest BCUT2D eigenvalue weighted by molar-refractivity contribution is 7.99. The predicted octanol–water partition coefficient (Wildman–Crippen LogP) is 1.01. The number of nitrogens with one attached hydrogen (secondary N) is 2. The molecule has 1 rings (SSSR count). The first-order chi connectivity index (χ1) is 8.81. The van der Waals surface area contributed by atoms with Crippen LogP contribution in [0.1, 0.15) is 27.7 Å². The van der Waals surface area contributed by atoms with Gasteiger partial charge < -0.3 is 9.88 Å². The molecule has 0 saturated heterocycles. The van der Waals surface area contributed by atoms with Crippen molar-refractivity contribution in [2.24, 2.45) is 0 Å². The van der Waals surface area contributed by atoms with E-state index in [2.05, 4.69) is 20.8 Å². The summed E-state index contributed by atoms with van der Waals surface area (Å²) >= 11 is 1.24. The molecule has 0 radical (unpaired) electrons. The Morgan fingerprint density at radius 1 is 1.42 bits per heavy atom. The van der Waals surface area contributed by atoms with E-state index >= 15 is 0 Å². The number of carbonyl (C=O) groups is 2. The van der Waals surface area contributed by atoms with Gasteiger partial charge in [0, 0.05) is 12.1 Å². The van der Waals surface area contributed by atoms with Crippen molar-refractivity contribution in [3.63, 3.8) is 0 Å². The quantitative estimate of drug-likeness (QED) is 0.806. The van der Waals surface area contributed by atoms with Crippen LogP contribution in [0, 0.1) is 0 Å². The molecule has 1 heterocycles. The molecule has 8 heteroatoms. The molecule has 0 fully saturated rings. The highest BCUT2D eigenvalue weighted by Gasteiger charge is 2.16. The average Bonchev–Trinajstić information content (AvgIpc) is 2.70. The fourth-order valence-electron chi connectivity index (χ4n) is 1.24. The van der Waals surface area contributed by atoms with E-state index in [-0.39, 0.29) is 17.2 Å². The van der Waals surface area contributed by atoms with Gasteiger partial charge in [-0.1, -0.05) is 11.8 Å². The fraction of sp³-hybridized carbons (Fsp3) is 0.636. The molecule has 7 nitrogen and oxygen atoms in total. The Morgan fingerprint density at radius 2 is 2.11 bits per heavy atom. The van der Waals surface area contributed by atoms with Crippen molar-refractivity contribution >= 4 is 23.7 Å². The third-order valence-corrected chi connectivity index (χ3v) is 2.98. The molecule has 0 aromatic carbocycles. The lowest BCUT2D eigenvalue weighted by atomic mass is 10.1. The summed E-state index contributed by atoms with van der Waals surface area (Å²) in [5, 5.41) is 13.2. The van der Waals surface area contributed by atoms with Crippen molar-refractivity contribution < 1.29 is 9.59 Å². The molecule has 0 unspecified atom stereocenters. The summed E-state index contributed by atoms with van der Waals surface area (Å²) in [4.78, 5) is 23.1. The number of aryl methyl sites for hydroxylation is 1. The molecule has 0 aliphatic heterocycles. The van der Waals surface area contributed by atoms with Gasteiger partial charge in [0.05, 0.1) is 5.75 Å². The second-order valence-corrected chi connectivity index (χ2v) is 5.88. The van der Waals surface area contributed by atoms with E-state index in [0.29, 0.717) is 5.16 Å². The van der Waals surface area contributed by atoms with Crippen molar-refractivity contribution in [2.45, 2.75) is 44.9 Å². The third-order valence-electron chi connectivity index (χ3n) is 1.99. The van der Waals surface area contributed by atoms with Crippen LogP contribution in [0.2, 0.25) is 0 Å². The summed E-state index contributed by atoms with van der Waals surface area (Å²) < 4.78 is 1.83. The molecular weight excluding hydrogens is 266 g/mol. The summed E-state index contributed by atoms with van der Waals surface area (Å²) in [6.07, 6.45) is 1.60. The summed E-state index contributed by atoms with van der Waals surface area (Å²) in [7, 11) is 0. The van der Waals surface area contributed by atoms with E-state index < -0.39 is 6.03 Å². The number of imide groups is 1. The summed E-state index contributed by atoms with van der Waals surface area (Å²) in [5.74, 6) is -0.242. The van der Waals surface area contributed by atoms with Crippen molar-refractivity contribution in [1.82, 2.24) is 25.4 Å². The highest BCUT2D eigenvalue weighted by atomic mass is 32.2. The Bertz CT molecular complexity index is 452. The first-order valence-corrected chi connectivity index (χ1v) is 6.93. The number of amides is 3. The minimum absolute atomic E-state index is 0.121. The van der Waals surface area contributed by atoms with Gasteiger partial charge in [0.25, 0.3) is 0 Å². The van der Waals surface area contributed by atoms with Gasteiger partial charge in [0.2, 0.25) is 5.91 Å². The summed E-state index contributed by atoms with van der Waals surface area (Å²) in [6.45, 7) is 8.23. The topological polar surface area (TPSA) is 88.9 Å². The number of urea groups is 1. The first-order valence-electron chi connectivity index (χ1n) is 5.94. The van der Waals surface area contributed by atoms with E-state index in [1.165, 1.54) is 11.8 Å². The Kier molecular flexibility index (Phi) is 5.34. The third kappa shape index (κ3) is 5.73. The van der Waals surface area contributed by atoms with Gasteiger partial charge in [-0.3, -0.25) is 10.1 Å². The van der Waals surface area contributed by atoms with Gasteiger partial charge in [-0.05, 0) is 27.7 Å². The zero-order valence-electron chi connectivity index (χ0n) is 11.6. The van der Waals surface area contributed by atoms with Crippen LogP contribution in [0.5, 0.6) is 0 Å². The Balaban J connectivity index is 2.38. The van der Waals surface area contributed by atoms with Crippen LogP contribution in [0.25, 0.3) is 0 Å². The van der Waals surface area contributed by atoms with E-state index in [0.717, 1.165) is 6.54 Å². The molecule has 106 valence electrons. The monoisotopic (exact) mass is 285 g/mol. The predicted molar refractivity (Wildman–Crippen MR) is 72.8 cm³/mol. The molecule has 0 atom stereocenters. The summed E-state index contributed by atoms with van der Waals surface area (Å²) in [6, 6.07) is -0.491. The van der Waals surface area contributed by atoms with Gasteiger partial charge in [0.1, 0.15) is 6.33 Å². The zero-order chi connectivity index (χ0) is 14.5. The van der Waals surface area contributed by atoms with Crippen LogP contribution in [0.15, 0.2) is 11.5 Å². The molecule has 0 bridgehead atoms. The van der Waals surface area contributed by atoms with Gasteiger partial charge in [0.15, 0.2) is 5.16 Å². The Hall–Kier alpha value is -1.57. The molecule has 2 N–H and O–H groups in total. The molecule has 0 aliphatic rings. The number of rotatable bonds is 4. The molecule has 0 spiro atoms. The van der Waals surface area contributed by atoms with Crippen molar-refractivity contribution in [1.29, 1.82) is 0 Å². The normalized spacial score (nSPS) is 11.2. The Labute approximate surface area is 116 Å². The highest BCUT2D eigenvalue weighted by Crippen LogP contribution is 2.13. The van der Waals surface area contributed by atoms with Crippen LogP contribution < -0.4 is 10.6 Å². The maximum Gasteiger partial charge on any atom is 0.321 e. The maximum absolute atomic E-state index is 11.6. The van der Waals surface area contributed by atoms with Crippen LogP contribution in [0.3, 0.4) is 0 Å². The van der Waals surface area contributed by atoms with Gasteiger partial charge >= 0.3 is 6.03 Å². The van der Waals surface area contributed by atoms with E-state index in [1.807, 2.05) is 32.3 Å². The van der Waals surface area contributed by atoms with Crippen molar-refractivity contribution in [2.75, 3.05) is 5.75 Å². The van der Waals surface area contributed by atoms with Gasteiger partial charge in [-0.25, -0.2) is 4.79 Å². The fourth-order valence-corrected chi connectivity index (χ4v) is 2.02. The first kappa shape index (κ1) is 15.5. The molecule has 19 heavy (non-hydrogen) atoms. The molecule has 1 aromatic heterocycles. The summed E-state index contributed by atoms with van der Waals surface area (Å²) in [5.41, 5.74) is -0.375. The van der Waals surface area contributed by atoms with Crippen LogP contribution in [0.4, 0.5) is 4.79 Å².